The zero-order chi connectivity index (χ0) is 21.4. The highest BCUT2D eigenvalue weighted by Gasteiger charge is 2.28. The molecule has 0 fully saturated rings. The molecule has 0 aliphatic carbocycles. The monoisotopic (exact) mass is 532 g/mol. The van der Waals surface area contributed by atoms with Gasteiger partial charge in [0.1, 0.15) is 17.2 Å². The Bertz CT molecular complexity index is 1260. The summed E-state index contributed by atoms with van der Waals surface area (Å²) in [4.78, 5) is 9.36. The van der Waals surface area contributed by atoms with Crippen LogP contribution >= 0.6 is 0 Å². The van der Waals surface area contributed by atoms with Crippen molar-refractivity contribution in [2.24, 2.45) is 0 Å². The van der Waals surface area contributed by atoms with Crippen molar-refractivity contribution in [3.63, 3.8) is 0 Å². The molecule has 5 aromatic rings. The zero-order valence-corrected chi connectivity index (χ0v) is 20.6. The third-order valence-corrected chi connectivity index (χ3v) is 5.55. The first kappa shape index (κ1) is 22.1. The maximum Gasteiger partial charge on any atom is 0.267 e. The van der Waals surface area contributed by atoms with Crippen molar-refractivity contribution in [2.75, 3.05) is 0 Å². The lowest BCUT2D eigenvalue weighted by Crippen LogP contribution is -3.00. The van der Waals surface area contributed by atoms with Gasteiger partial charge in [-0.05, 0) is 53.4 Å². The minimum atomic E-state index is 0. The number of pyridine rings is 2. The molecule has 0 amide bonds. The Balaban J connectivity index is 0.00000245. The van der Waals surface area contributed by atoms with Gasteiger partial charge in [0.25, 0.3) is 5.82 Å². The Morgan fingerprint density at radius 1 is 0.719 bits per heavy atom. The normalized spacial score (nSPS) is 11.3. The summed E-state index contributed by atoms with van der Waals surface area (Å²) in [5.74, 6) is 2.78. The molecular weight excluding hydrogens is 507 g/mol. The van der Waals surface area contributed by atoms with Gasteiger partial charge < -0.3 is 24.0 Å². The molecule has 5 rings (SSSR count). The van der Waals surface area contributed by atoms with Crippen molar-refractivity contribution in [1.82, 2.24) is 14.5 Å². The van der Waals surface area contributed by atoms with Crippen LogP contribution in [-0.4, -0.2) is 14.5 Å². The fraction of sp³-hybridized carbons (Fsp3) is 0.148. The number of benzene rings is 2. The van der Waals surface area contributed by atoms with E-state index in [2.05, 4.69) is 88.4 Å². The van der Waals surface area contributed by atoms with Crippen LogP contribution in [0.3, 0.4) is 0 Å². The number of fused-ring (bicyclic) bond motifs is 1. The molecule has 2 aromatic carbocycles. The molecule has 0 bridgehead atoms. The van der Waals surface area contributed by atoms with E-state index in [0.29, 0.717) is 0 Å². The van der Waals surface area contributed by atoms with Crippen molar-refractivity contribution in [3.8, 4) is 23.0 Å². The maximum atomic E-state index is 4.68. The van der Waals surface area contributed by atoms with Gasteiger partial charge in [0, 0.05) is 17.8 Å². The predicted octanol–water partition coefficient (Wildman–Crippen LogP) is 2.67. The van der Waals surface area contributed by atoms with E-state index < -0.39 is 0 Å². The minimum absolute atomic E-state index is 0. The average Bonchev–Trinajstić information content (AvgIpc) is 3.15. The van der Waals surface area contributed by atoms with Crippen LogP contribution in [0.5, 0.6) is 0 Å². The highest BCUT2D eigenvalue weighted by atomic mass is 127. The van der Waals surface area contributed by atoms with Crippen LogP contribution in [0.25, 0.3) is 34.1 Å². The number of nitrogens with zero attached hydrogens (tertiary/aromatic N) is 4. The lowest BCUT2D eigenvalue weighted by atomic mass is 9.86. The van der Waals surface area contributed by atoms with Crippen LogP contribution in [-0.2, 0) is 5.41 Å². The third-order valence-electron chi connectivity index (χ3n) is 5.55. The Labute approximate surface area is 205 Å². The number of imidazole rings is 1. The van der Waals surface area contributed by atoms with Gasteiger partial charge in [-0.2, -0.15) is 4.57 Å². The second-order valence-electron chi connectivity index (χ2n) is 8.69. The lowest BCUT2D eigenvalue weighted by Gasteiger charge is -2.19. The van der Waals surface area contributed by atoms with E-state index in [1.165, 1.54) is 5.56 Å². The van der Waals surface area contributed by atoms with Crippen molar-refractivity contribution in [2.45, 2.75) is 26.2 Å². The number of halogens is 1. The van der Waals surface area contributed by atoms with Gasteiger partial charge >= 0.3 is 0 Å². The van der Waals surface area contributed by atoms with Gasteiger partial charge in [-0.1, -0.05) is 57.2 Å². The highest BCUT2D eigenvalue weighted by molar-refractivity contribution is 5.79. The number of para-hydroxylation sites is 2. The molecule has 3 heterocycles. The predicted molar refractivity (Wildman–Crippen MR) is 125 cm³/mol. The quantitative estimate of drug-likeness (QED) is 0.265. The number of hydrogen-bond donors (Lipinski definition) is 0. The van der Waals surface area contributed by atoms with Gasteiger partial charge in [-0.3, -0.25) is 0 Å². The summed E-state index contributed by atoms with van der Waals surface area (Å²) < 4.78 is 4.44. The van der Waals surface area contributed by atoms with Crippen LogP contribution in [0, 0.1) is 0 Å². The molecule has 0 aliphatic heterocycles. The van der Waals surface area contributed by atoms with E-state index in [9.17, 15) is 0 Å². The molecule has 0 unspecified atom stereocenters. The fourth-order valence-electron chi connectivity index (χ4n) is 3.98. The molecule has 0 radical (unpaired) electrons. The van der Waals surface area contributed by atoms with Gasteiger partial charge in [0.2, 0.25) is 5.82 Å². The molecule has 0 N–H and O–H groups in total. The number of rotatable bonds is 3. The van der Waals surface area contributed by atoms with E-state index in [1.54, 1.807) is 0 Å². The number of aromatic nitrogens is 4. The Morgan fingerprint density at radius 2 is 1.38 bits per heavy atom. The largest absolute Gasteiger partial charge is 1.00 e. The Hall–Kier alpha value is -3.06. The van der Waals surface area contributed by atoms with Gasteiger partial charge in [-0.15, -0.1) is 4.98 Å². The molecule has 0 atom stereocenters. The standard InChI is InChI=1S/C27H25N4.HI/c1-27(2,3)21-16-14-20(15-17-21)26-30(24-12-6-8-18-28-24)22-10-4-5-11-23(22)31(26)25-13-7-9-19-29-25;/h4-19H,1-3H3;1H/q+1;/p-1. The van der Waals surface area contributed by atoms with Crippen LogP contribution in [0.2, 0.25) is 0 Å². The summed E-state index contributed by atoms with van der Waals surface area (Å²) in [6, 6.07) is 29.3. The van der Waals surface area contributed by atoms with Crippen molar-refractivity contribution < 1.29 is 28.5 Å². The molecule has 5 heteroatoms. The molecule has 0 saturated carbocycles. The second kappa shape index (κ2) is 8.82. The number of hydrogen-bond acceptors (Lipinski definition) is 2. The molecule has 32 heavy (non-hydrogen) atoms. The smallest absolute Gasteiger partial charge is 0.267 e. The van der Waals surface area contributed by atoms with Gasteiger partial charge in [-0.25, -0.2) is 9.55 Å². The zero-order valence-electron chi connectivity index (χ0n) is 18.4. The van der Waals surface area contributed by atoms with E-state index in [-0.39, 0.29) is 29.4 Å². The summed E-state index contributed by atoms with van der Waals surface area (Å²) in [6.07, 6.45) is 3.67. The third kappa shape index (κ3) is 3.93. The first-order valence-electron chi connectivity index (χ1n) is 10.5. The Kier molecular flexibility index (Phi) is 6.11. The van der Waals surface area contributed by atoms with E-state index in [0.717, 1.165) is 34.1 Å². The minimum Gasteiger partial charge on any atom is -1.00 e. The summed E-state index contributed by atoms with van der Waals surface area (Å²) in [5.41, 5.74) is 4.69. The summed E-state index contributed by atoms with van der Waals surface area (Å²) >= 11 is 0. The molecule has 4 nitrogen and oxygen atoms in total. The second-order valence-corrected chi connectivity index (χ2v) is 8.69. The first-order valence-corrected chi connectivity index (χ1v) is 10.5. The molecule has 0 aliphatic rings. The van der Waals surface area contributed by atoms with Gasteiger partial charge in [0.05, 0.1) is 0 Å². The molecule has 3 aromatic heterocycles. The van der Waals surface area contributed by atoms with Crippen LogP contribution in [0.4, 0.5) is 0 Å². The van der Waals surface area contributed by atoms with E-state index in [4.69, 9.17) is 0 Å². The molecular formula is C27H25IN4. The summed E-state index contributed by atoms with van der Waals surface area (Å²) in [7, 11) is 0. The van der Waals surface area contributed by atoms with E-state index in [1.807, 2.05) is 48.8 Å². The van der Waals surface area contributed by atoms with Crippen LogP contribution in [0.15, 0.2) is 97.3 Å². The van der Waals surface area contributed by atoms with Crippen molar-refractivity contribution in [3.05, 3.63) is 103 Å². The summed E-state index contributed by atoms with van der Waals surface area (Å²) in [5, 5.41) is 0. The first-order chi connectivity index (χ1) is 15.0. The molecule has 160 valence electrons. The van der Waals surface area contributed by atoms with E-state index >= 15 is 0 Å². The van der Waals surface area contributed by atoms with Crippen LogP contribution in [0.1, 0.15) is 26.3 Å². The average molecular weight is 532 g/mol. The Morgan fingerprint density at radius 3 is 2.00 bits per heavy atom. The maximum absolute atomic E-state index is 4.68. The van der Waals surface area contributed by atoms with Gasteiger partial charge in [0.15, 0.2) is 5.82 Å². The summed E-state index contributed by atoms with van der Waals surface area (Å²) in [6.45, 7) is 6.71. The van der Waals surface area contributed by atoms with Crippen LogP contribution < -0.4 is 28.5 Å². The molecule has 0 spiro atoms. The molecule has 0 saturated heterocycles. The SMILES string of the molecule is CC(C)(C)c1ccc(-c2n(-c3ccccn3)c3ccccc3[n+]2-c2ccccn2)cc1.[I-]. The topological polar surface area (TPSA) is 34.6 Å². The highest BCUT2D eigenvalue weighted by Crippen LogP contribution is 2.30. The fourth-order valence-corrected chi connectivity index (χ4v) is 3.98. The van der Waals surface area contributed by atoms with Crippen molar-refractivity contribution >= 4 is 11.0 Å². The van der Waals surface area contributed by atoms with Crippen molar-refractivity contribution in [1.29, 1.82) is 0 Å². The lowest BCUT2D eigenvalue weighted by molar-refractivity contribution is -0.559.